The van der Waals surface area contributed by atoms with Gasteiger partial charge in [0.05, 0.1) is 18.6 Å². The Morgan fingerprint density at radius 3 is 2.00 bits per heavy atom. The molecule has 0 aliphatic carbocycles. The molecule has 0 aromatic heterocycles. The van der Waals surface area contributed by atoms with Crippen LogP contribution in [0.1, 0.15) is 52.2 Å². The van der Waals surface area contributed by atoms with Gasteiger partial charge in [-0.25, -0.2) is 0 Å². The second-order valence-corrected chi connectivity index (χ2v) is 8.35. The average Bonchev–Trinajstić information content (AvgIpc) is 2.73. The first-order valence-electron chi connectivity index (χ1n) is 10.3. The molecule has 0 fully saturated rings. The van der Waals surface area contributed by atoms with Crippen LogP contribution in [0.3, 0.4) is 0 Å². The van der Waals surface area contributed by atoms with Crippen LogP contribution in [0.15, 0.2) is 54.6 Å². The van der Waals surface area contributed by atoms with Crippen LogP contribution in [0.2, 0.25) is 0 Å². The van der Waals surface area contributed by atoms with Crippen molar-refractivity contribution < 1.29 is 19.0 Å². The van der Waals surface area contributed by atoms with Gasteiger partial charge in [-0.05, 0) is 43.5 Å². The number of hydrogen-bond donors (Lipinski definition) is 0. The number of rotatable bonds is 11. The zero-order chi connectivity index (χ0) is 21.3. The topological polar surface area (TPSA) is 44.8 Å². The molecule has 2 aromatic carbocycles. The van der Waals surface area contributed by atoms with Crippen molar-refractivity contribution in [2.75, 3.05) is 26.4 Å². The van der Waals surface area contributed by atoms with E-state index in [1.54, 1.807) is 0 Å². The molecule has 158 valence electrons. The fourth-order valence-corrected chi connectivity index (χ4v) is 2.84. The highest BCUT2D eigenvalue weighted by Crippen LogP contribution is 2.32. The largest absolute Gasteiger partial charge is 0.491 e. The third kappa shape index (κ3) is 6.60. The first-order chi connectivity index (χ1) is 13.8. The predicted octanol–water partition coefficient (Wildman–Crippen LogP) is 5.39. The highest BCUT2D eigenvalue weighted by Gasteiger charge is 2.26. The van der Waals surface area contributed by atoms with Gasteiger partial charge in [0.15, 0.2) is 0 Å². The number of benzene rings is 2. The maximum atomic E-state index is 11.9. The summed E-state index contributed by atoms with van der Waals surface area (Å²) in [7, 11) is 0. The summed E-state index contributed by atoms with van der Waals surface area (Å²) in [5, 5.41) is 0. The number of carbonyl (C=O) groups excluding carboxylic acids is 1. The van der Waals surface area contributed by atoms with E-state index in [4.69, 9.17) is 14.2 Å². The number of ether oxygens (including phenoxy) is 3. The molecule has 0 aliphatic heterocycles. The Morgan fingerprint density at radius 2 is 1.38 bits per heavy atom. The third-order valence-corrected chi connectivity index (χ3v) is 5.47. The minimum atomic E-state index is -0.440. The quantitative estimate of drug-likeness (QED) is 0.376. The van der Waals surface area contributed by atoms with Crippen molar-refractivity contribution in [3.05, 3.63) is 65.7 Å². The highest BCUT2D eigenvalue weighted by molar-refractivity contribution is 5.75. The highest BCUT2D eigenvalue weighted by atomic mass is 16.6. The third-order valence-electron chi connectivity index (χ3n) is 5.47. The van der Waals surface area contributed by atoms with Crippen LogP contribution in [-0.2, 0) is 19.7 Å². The Balaban J connectivity index is 1.70. The summed E-state index contributed by atoms with van der Waals surface area (Å²) in [6.45, 7) is 11.7. The zero-order valence-electron chi connectivity index (χ0n) is 18.4. The van der Waals surface area contributed by atoms with E-state index in [0.717, 1.165) is 12.2 Å². The lowest BCUT2D eigenvalue weighted by atomic mass is 9.78. The van der Waals surface area contributed by atoms with Gasteiger partial charge < -0.3 is 14.2 Å². The minimum absolute atomic E-state index is 0.0628. The molecule has 0 saturated heterocycles. The van der Waals surface area contributed by atoms with Gasteiger partial charge >= 0.3 is 5.97 Å². The molecule has 4 heteroatoms. The monoisotopic (exact) mass is 398 g/mol. The normalized spacial score (nSPS) is 11.9. The molecule has 0 bridgehead atoms. The molecule has 0 amide bonds. The predicted molar refractivity (Wildman–Crippen MR) is 116 cm³/mol. The van der Waals surface area contributed by atoms with E-state index in [1.165, 1.54) is 11.1 Å². The van der Waals surface area contributed by atoms with E-state index in [1.807, 2.05) is 39.0 Å². The fourth-order valence-electron chi connectivity index (χ4n) is 2.84. The average molecular weight is 399 g/mol. The lowest BCUT2D eigenvalue weighted by molar-refractivity contribution is -0.155. The molecule has 0 heterocycles. The lowest BCUT2D eigenvalue weighted by Gasteiger charge is -2.26. The summed E-state index contributed by atoms with van der Waals surface area (Å²) in [4.78, 5) is 11.9. The van der Waals surface area contributed by atoms with E-state index in [9.17, 15) is 4.79 Å². The van der Waals surface area contributed by atoms with E-state index in [2.05, 4.69) is 50.2 Å². The number of carbonyl (C=O) groups is 1. The summed E-state index contributed by atoms with van der Waals surface area (Å²) in [6.07, 6.45) is 0.752. The van der Waals surface area contributed by atoms with Crippen LogP contribution in [0.5, 0.6) is 5.75 Å². The van der Waals surface area contributed by atoms with Crippen molar-refractivity contribution in [3.8, 4) is 5.75 Å². The number of hydrogen-bond acceptors (Lipinski definition) is 4. The Morgan fingerprint density at radius 1 is 0.793 bits per heavy atom. The van der Waals surface area contributed by atoms with Crippen molar-refractivity contribution in [1.29, 1.82) is 0 Å². The number of esters is 1. The van der Waals surface area contributed by atoms with Gasteiger partial charge in [-0.15, -0.1) is 0 Å². The second kappa shape index (κ2) is 10.4. The van der Waals surface area contributed by atoms with E-state index in [0.29, 0.717) is 19.8 Å². The van der Waals surface area contributed by atoms with Crippen molar-refractivity contribution >= 4 is 5.97 Å². The Labute approximate surface area is 175 Å². The van der Waals surface area contributed by atoms with E-state index >= 15 is 0 Å². The van der Waals surface area contributed by atoms with E-state index < -0.39 is 5.41 Å². The van der Waals surface area contributed by atoms with Crippen molar-refractivity contribution in [1.82, 2.24) is 0 Å². The van der Waals surface area contributed by atoms with Crippen LogP contribution in [0.4, 0.5) is 0 Å². The molecule has 0 saturated carbocycles. The molecule has 29 heavy (non-hydrogen) atoms. The van der Waals surface area contributed by atoms with Crippen molar-refractivity contribution in [2.24, 2.45) is 5.41 Å². The molecular formula is C25H34O4. The molecule has 2 rings (SSSR count). The van der Waals surface area contributed by atoms with Crippen LogP contribution in [-0.4, -0.2) is 32.4 Å². The molecular weight excluding hydrogens is 364 g/mol. The van der Waals surface area contributed by atoms with Crippen LogP contribution in [0.25, 0.3) is 0 Å². The van der Waals surface area contributed by atoms with Gasteiger partial charge in [-0.2, -0.15) is 0 Å². The van der Waals surface area contributed by atoms with Gasteiger partial charge in [-0.3, -0.25) is 4.79 Å². The SMILES string of the molecule is CCC(C)(C)C(=O)OCCOCCOc1ccc(C(C)(C)c2ccccc2)cc1. The maximum absolute atomic E-state index is 11.9. The molecule has 0 unspecified atom stereocenters. The summed E-state index contributed by atoms with van der Waals surface area (Å²) in [5.74, 6) is 0.635. The second-order valence-electron chi connectivity index (χ2n) is 8.35. The molecule has 0 radical (unpaired) electrons. The first kappa shape index (κ1) is 23.0. The van der Waals surface area contributed by atoms with Crippen molar-refractivity contribution in [2.45, 2.75) is 46.5 Å². The zero-order valence-corrected chi connectivity index (χ0v) is 18.4. The summed E-state index contributed by atoms with van der Waals surface area (Å²) in [6, 6.07) is 18.7. The van der Waals surface area contributed by atoms with Gasteiger partial charge in [0.2, 0.25) is 0 Å². The smallest absolute Gasteiger partial charge is 0.311 e. The van der Waals surface area contributed by atoms with Gasteiger partial charge in [0.25, 0.3) is 0 Å². The van der Waals surface area contributed by atoms with Crippen molar-refractivity contribution in [3.63, 3.8) is 0 Å². The minimum Gasteiger partial charge on any atom is -0.491 e. The standard InChI is InChI=1S/C25H34O4/c1-6-24(2,3)23(26)29-19-17-27-16-18-28-22-14-12-21(13-15-22)25(4,5)20-10-8-7-9-11-20/h7-15H,6,16-19H2,1-5H3. The molecule has 0 spiro atoms. The Kier molecular flexibility index (Phi) is 8.27. The Bertz CT molecular complexity index is 748. The first-order valence-corrected chi connectivity index (χ1v) is 10.3. The molecule has 4 nitrogen and oxygen atoms in total. The van der Waals surface area contributed by atoms with Crippen LogP contribution < -0.4 is 4.74 Å². The van der Waals surface area contributed by atoms with Crippen LogP contribution in [0, 0.1) is 5.41 Å². The molecule has 2 aromatic rings. The molecule has 0 atom stereocenters. The molecule has 0 N–H and O–H groups in total. The Hall–Kier alpha value is -2.33. The maximum Gasteiger partial charge on any atom is 0.311 e. The van der Waals surface area contributed by atoms with Gasteiger partial charge in [-0.1, -0.05) is 63.2 Å². The fraction of sp³-hybridized carbons (Fsp3) is 0.480. The van der Waals surface area contributed by atoms with Gasteiger partial charge in [0.1, 0.15) is 19.0 Å². The molecule has 0 aliphatic rings. The lowest BCUT2D eigenvalue weighted by Crippen LogP contribution is -2.27. The summed E-state index contributed by atoms with van der Waals surface area (Å²) < 4.78 is 16.5. The summed E-state index contributed by atoms with van der Waals surface area (Å²) in [5.41, 5.74) is 2.02. The van der Waals surface area contributed by atoms with E-state index in [-0.39, 0.29) is 18.0 Å². The van der Waals surface area contributed by atoms with Gasteiger partial charge in [0, 0.05) is 5.41 Å². The summed E-state index contributed by atoms with van der Waals surface area (Å²) >= 11 is 0. The van der Waals surface area contributed by atoms with Crippen LogP contribution >= 0.6 is 0 Å².